The van der Waals surface area contributed by atoms with Crippen molar-refractivity contribution in [3.8, 4) is 5.75 Å². The summed E-state index contributed by atoms with van der Waals surface area (Å²) in [6, 6.07) is 7.64. The number of methoxy groups -OCH3 is 1. The smallest absolute Gasteiger partial charge is 0.242 e. The molecule has 6 heteroatoms. The number of hydrogen-bond donors (Lipinski definition) is 2. The average molecular weight is 347 g/mol. The second-order valence-electron chi connectivity index (χ2n) is 7.56. The van der Waals surface area contributed by atoms with Crippen molar-refractivity contribution in [2.45, 2.75) is 33.2 Å². The zero-order chi connectivity index (χ0) is 18.4. The number of para-hydroxylation sites is 1. The van der Waals surface area contributed by atoms with Gasteiger partial charge in [0.05, 0.1) is 19.7 Å². The van der Waals surface area contributed by atoms with Crippen molar-refractivity contribution in [1.82, 2.24) is 15.5 Å². The van der Waals surface area contributed by atoms with E-state index in [2.05, 4.69) is 10.6 Å². The van der Waals surface area contributed by atoms with Crippen molar-refractivity contribution >= 4 is 11.8 Å². The van der Waals surface area contributed by atoms with Gasteiger partial charge in [0.15, 0.2) is 0 Å². The zero-order valence-corrected chi connectivity index (χ0v) is 15.6. The molecule has 1 aromatic carbocycles. The second-order valence-corrected chi connectivity index (χ2v) is 7.56. The number of hydrogen-bond acceptors (Lipinski definition) is 4. The SMILES string of the molecule is COc1ccccc1C1CNCCN1C(=O)CNC(=O)CC(C)(C)C. The molecule has 25 heavy (non-hydrogen) atoms. The lowest BCUT2D eigenvalue weighted by atomic mass is 9.92. The van der Waals surface area contributed by atoms with Gasteiger partial charge in [-0.1, -0.05) is 39.0 Å². The largest absolute Gasteiger partial charge is 0.496 e. The number of benzene rings is 1. The molecule has 0 bridgehead atoms. The summed E-state index contributed by atoms with van der Waals surface area (Å²) >= 11 is 0. The first-order valence-electron chi connectivity index (χ1n) is 8.71. The minimum Gasteiger partial charge on any atom is -0.496 e. The van der Waals surface area contributed by atoms with Gasteiger partial charge in [0, 0.05) is 31.6 Å². The van der Waals surface area contributed by atoms with Gasteiger partial charge in [-0.05, 0) is 11.5 Å². The molecular formula is C19H29N3O3. The Labute approximate surface area is 149 Å². The second kappa shape index (κ2) is 8.34. The third kappa shape index (κ3) is 5.46. The number of amides is 2. The fraction of sp³-hybridized carbons (Fsp3) is 0.579. The molecule has 0 spiro atoms. The van der Waals surface area contributed by atoms with Gasteiger partial charge in [-0.25, -0.2) is 0 Å². The lowest BCUT2D eigenvalue weighted by Crippen LogP contribution is -2.51. The Kier molecular flexibility index (Phi) is 6.42. The predicted octanol–water partition coefficient (Wildman–Crippen LogP) is 1.72. The highest BCUT2D eigenvalue weighted by molar-refractivity contribution is 5.85. The van der Waals surface area contributed by atoms with Crippen LogP contribution in [-0.2, 0) is 9.59 Å². The lowest BCUT2D eigenvalue weighted by molar-refractivity contribution is -0.136. The van der Waals surface area contributed by atoms with Crippen molar-refractivity contribution in [2.24, 2.45) is 5.41 Å². The van der Waals surface area contributed by atoms with Crippen LogP contribution in [-0.4, -0.2) is 50.0 Å². The molecular weight excluding hydrogens is 318 g/mol. The highest BCUT2D eigenvalue weighted by Crippen LogP contribution is 2.30. The summed E-state index contributed by atoms with van der Waals surface area (Å²) < 4.78 is 5.44. The fourth-order valence-electron chi connectivity index (χ4n) is 3.04. The van der Waals surface area contributed by atoms with Gasteiger partial charge < -0.3 is 20.3 Å². The molecule has 1 saturated heterocycles. The summed E-state index contributed by atoms with van der Waals surface area (Å²) in [5.74, 6) is 0.607. The van der Waals surface area contributed by atoms with E-state index in [1.54, 1.807) is 7.11 Å². The van der Waals surface area contributed by atoms with E-state index in [0.29, 0.717) is 19.5 Å². The van der Waals surface area contributed by atoms with E-state index in [-0.39, 0.29) is 29.8 Å². The number of piperazine rings is 1. The maximum absolute atomic E-state index is 12.7. The Morgan fingerprint density at radius 1 is 1.32 bits per heavy atom. The van der Waals surface area contributed by atoms with E-state index >= 15 is 0 Å². The summed E-state index contributed by atoms with van der Waals surface area (Å²) in [4.78, 5) is 26.5. The first-order chi connectivity index (χ1) is 11.8. The molecule has 1 aliphatic heterocycles. The quantitative estimate of drug-likeness (QED) is 0.851. The number of nitrogens with zero attached hydrogens (tertiary/aromatic N) is 1. The van der Waals surface area contributed by atoms with E-state index in [0.717, 1.165) is 17.9 Å². The maximum atomic E-state index is 12.7. The lowest BCUT2D eigenvalue weighted by Gasteiger charge is -2.37. The molecule has 0 aliphatic carbocycles. The molecule has 1 atom stereocenters. The molecule has 2 amide bonds. The third-order valence-corrected chi connectivity index (χ3v) is 4.19. The number of rotatable bonds is 5. The monoisotopic (exact) mass is 347 g/mol. The van der Waals surface area contributed by atoms with Gasteiger partial charge in [-0.3, -0.25) is 9.59 Å². The van der Waals surface area contributed by atoms with Gasteiger partial charge in [0.2, 0.25) is 11.8 Å². The summed E-state index contributed by atoms with van der Waals surface area (Å²) in [7, 11) is 1.63. The normalized spacial score (nSPS) is 17.9. The van der Waals surface area contributed by atoms with Crippen LogP contribution in [0.5, 0.6) is 5.75 Å². The topological polar surface area (TPSA) is 70.7 Å². The maximum Gasteiger partial charge on any atom is 0.242 e. The van der Waals surface area contributed by atoms with Crippen LogP contribution >= 0.6 is 0 Å². The Balaban J connectivity index is 2.05. The molecule has 2 rings (SSSR count). The number of nitrogens with one attached hydrogen (secondary N) is 2. The van der Waals surface area contributed by atoms with Crippen LogP contribution in [0, 0.1) is 5.41 Å². The van der Waals surface area contributed by atoms with E-state index < -0.39 is 0 Å². The van der Waals surface area contributed by atoms with E-state index in [4.69, 9.17) is 4.74 Å². The van der Waals surface area contributed by atoms with E-state index in [1.807, 2.05) is 49.9 Å². The number of carbonyl (C=O) groups excluding carboxylic acids is 2. The van der Waals surface area contributed by atoms with Crippen LogP contribution < -0.4 is 15.4 Å². The summed E-state index contributed by atoms with van der Waals surface area (Å²) in [6.07, 6.45) is 0.401. The van der Waals surface area contributed by atoms with Crippen LogP contribution in [0.25, 0.3) is 0 Å². The highest BCUT2D eigenvalue weighted by Gasteiger charge is 2.30. The minimum absolute atomic E-state index is 0.0283. The summed E-state index contributed by atoms with van der Waals surface area (Å²) in [5, 5.41) is 6.08. The van der Waals surface area contributed by atoms with Crippen molar-refractivity contribution in [3.63, 3.8) is 0 Å². The molecule has 0 saturated carbocycles. The number of ether oxygens (including phenoxy) is 1. The summed E-state index contributed by atoms with van der Waals surface area (Å²) in [6.45, 7) is 8.06. The molecule has 6 nitrogen and oxygen atoms in total. The first kappa shape index (κ1) is 19.2. The van der Waals surface area contributed by atoms with Crippen LogP contribution in [0.3, 0.4) is 0 Å². The molecule has 1 unspecified atom stereocenters. The van der Waals surface area contributed by atoms with E-state index in [1.165, 1.54) is 0 Å². The molecule has 1 aliphatic rings. The van der Waals surface area contributed by atoms with Gasteiger partial charge in [-0.2, -0.15) is 0 Å². The molecule has 1 fully saturated rings. The van der Waals surface area contributed by atoms with Crippen molar-refractivity contribution in [3.05, 3.63) is 29.8 Å². The predicted molar refractivity (Wildman–Crippen MR) is 97.4 cm³/mol. The molecule has 0 aromatic heterocycles. The first-order valence-corrected chi connectivity index (χ1v) is 8.71. The molecule has 138 valence electrons. The molecule has 2 N–H and O–H groups in total. The molecule has 1 aromatic rings. The van der Waals surface area contributed by atoms with Crippen LogP contribution in [0.2, 0.25) is 0 Å². The average Bonchev–Trinajstić information content (AvgIpc) is 2.58. The minimum atomic E-state index is -0.100. The van der Waals surface area contributed by atoms with Crippen molar-refractivity contribution in [2.75, 3.05) is 33.3 Å². The Hall–Kier alpha value is -2.08. The summed E-state index contributed by atoms with van der Waals surface area (Å²) in [5.41, 5.74) is 0.883. The van der Waals surface area contributed by atoms with Gasteiger partial charge in [-0.15, -0.1) is 0 Å². The molecule has 1 heterocycles. The van der Waals surface area contributed by atoms with Crippen LogP contribution in [0.1, 0.15) is 38.8 Å². The fourth-order valence-corrected chi connectivity index (χ4v) is 3.04. The third-order valence-electron chi connectivity index (χ3n) is 4.19. The molecule has 0 radical (unpaired) electrons. The van der Waals surface area contributed by atoms with Crippen molar-refractivity contribution in [1.29, 1.82) is 0 Å². The van der Waals surface area contributed by atoms with Crippen molar-refractivity contribution < 1.29 is 14.3 Å². The van der Waals surface area contributed by atoms with E-state index in [9.17, 15) is 9.59 Å². The standard InChI is InChI=1S/C19H29N3O3/c1-19(2,3)11-17(23)21-13-18(24)22-10-9-20-12-15(22)14-7-5-6-8-16(14)25-4/h5-8,15,20H,9-13H2,1-4H3,(H,21,23). The van der Waals surface area contributed by atoms with Gasteiger partial charge in [0.25, 0.3) is 0 Å². The number of carbonyl (C=O) groups is 2. The Bertz CT molecular complexity index is 610. The highest BCUT2D eigenvalue weighted by atomic mass is 16.5. The van der Waals surface area contributed by atoms with Crippen LogP contribution in [0.15, 0.2) is 24.3 Å². The van der Waals surface area contributed by atoms with Gasteiger partial charge >= 0.3 is 0 Å². The van der Waals surface area contributed by atoms with Crippen LogP contribution in [0.4, 0.5) is 0 Å². The zero-order valence-electron chi connectivity index (χ0n) is 15.6. The Morgan fingerprint density at radius 3 is 2.72 bits per heavy atom. The van der Waals surface area contributed by atoms with Gasteiger partial charge in [0.1, 0.15) is 5.75 Å². The Morgan fingerprint density at radius 2 is 2.04 bits per heavy atom.